The lowest BCUT2D eigenvalue weighted by atomic mass is 9.95. The Hall–Kier alpha value is -4.60. The number of methoxy groups -OCH3 is 1. The molecule has 1 unspecified atom stereocenters. The number of ether oxygens (including phenoxy) is 2. The fourth-order valence-electron chi connectivity index (χ4n) is 5.13. The molecule has 1 aromatic carbocycles. The number of benzene rings is 1. The predicted molar refractivity (Wildman–Crippen MR) is 149 cm³/mol. The number of aryl methyl sites for hydroxylation is 2. The Morgan fingerprint density at radius 3 is 2.67 bits per heavy atom. The van der Waals surface area contributed by atoms with Gasteiger partial charge < -0.3 is 24.0 Å². The third-order valence-electron chi connectivity index (χ3n) is 7.10. The Bertz CT molecular complexity index is 1560. The van der Waals surface area contributed by atoms with Gasteiger partial charge in [0.15, 0.2) is 17.3 Å². The molecule has 0 aliphatic carbocycles. The lowest BCUT2D eigenvalue weighted by Gasteiger charge is -2.26. The van der Waals surface area contributed by atoms with Crippen molar-refractivity contribution in [1.82, 2.24) is 23.8 Å². The van der Waals surface area contributed by atoms with Crippen molar-refractivity contribution < 1.29 is 24.2 Å². The van der Waals surface area contributed by atoms with Crippen molar-refractivity contribution in [1.29, 1.82) is 0 Å². The van der Waals surface area contributed by atoms with Crippen LogP contribution in [0.15, 0.2) is 66.9 Å². The van der Waals surface area contributed by atoms with E-state index in [0.29, 0.717) is 60.2 Å². The molecule has 0 saturated carbocycles. The standard InChI is InChI=1S/C30H33N5O5/c1-4-5-17-40-22-11-10-21(18-23(22)39-3)27-25(28(36)26-20(2)32-24-9-6-7-14-34(24)26)29(37)30(38)35(27)15-8-13-33-16-12-31-19-33/h6-7,9-12,14,16,18-19,27,36H,4-5,8,13,15,17H2,1-3H3. The molecule has 1 saturated heterocycles. The maximum Gasteiger partial charge on any atom is 0.295 e. The van der Waals surface area contributed by atoms with E-state index < -0.39 is 17.7 Å². The molecule has 1 aliphatic rings. The van der Waals surface area contributed by atoms with Crippen LogP contribution in [-0.2, 0) is 16.1 Å². The Morgan fingerprint density at radius 1 is 1.07 bits per heavy atom. The van der Waals surface area contributed by atoms with Gasteiger partial charge in [0, 0.05) is 31.7 Å². The monoisotopic (exact) mass is 543 g/mol. The number of nitrogens with zero attached hydrogens (tertiary/aromatic N) is 5. The molecule has 3 aromatic heterocycles. The molecule has 0 bridgehead atoms. The average molecular weight is 544 g/mol. The van der Waals surface area contributed by atoms with Crippen molar-refractivity contribution in [2.45, 2.75) is 45.7 Å². The van der Waals surface area contributed by atoms with Crippen molar-refractivity contribution in [2.24, 2.45) is 0 Å². The summed E-state index contributed by atoms with van der Waals surface area (Å²) in [5.41, 5.74) is 2.20. The zero-order valence-electron chi connectivity index (χ0n) is 22.9. The van der Waals surface area contributed by atoms with E-state index in [9.17, 15) is 14.7 Å². The van der Waals surface area contributed by atoms with Gasteiger partial charge in [0.25, 0.3) is 11.7 Å². The van der Waals surface area contributed by atoms with E-state index in [-0.39, 0.29) is 11.3 Å². The number of aliphatic hydroxyl groups excluding tert-OH is 1. The van der Waals surface area contributed by atoms with E-state index in [1.165, 1.54) is 4.90 Å². The second-order valence-electron chi connectivity index (χ2n) is 9.73. The first-order valence-corrected chi connectivity index (χ1v) is 13.4. The minimum absolute atomic E-state index is 0.0167. The highest BCUT2D eigenvalue weighted by Gasteiger charge is 2.46. The van der Waals surface area contributed by atoms with Gasteiger partial charge in [-0.05, 0) is 49.6 Å². The number of carbonyl (C=O) groups excluding carboxylic acids is 2. The van der Waals surface area contributed by atoms with Crippen LogP contribution < -0.4 is 9.47 Å². The summed E-state index contributed by atoms with van der Waals surface area (Å²) in [6.07, 6.45) is 9.51. The Labute approximate surface area is 232 Å². The van der Waals surface area contributed by atoms with Gasteiger partial charge in [-0.15, -0.1) is 0 Å². The van der Waals surface area contributed by atoms with Crippen molar-refractivity contribution in [2.75, 3.05) is 20.3 Å². The summed E-state index contributed by atoms with van der Waals surface area (Å²) in [5, 5.41) is 11.7. The van der Waals surface area contributed by atoms with E-state index in [1.54, 1.807) is 49.3 Å². The molecule has 1 atom stereocenters. The highest BCUT2D eigenvalue weighted by Crippen LogP contribution is 2.42. The van der Waals surface area contributed by atoms with E-state index in [2.05, 4.69) is 16.9 Å². The number of pyridine rings is 1. The molecule has 10 nitrogen and oxygen atoms in total. The fraction of sp³-hybridized carbons (Fsp3) is 0.333. The molecule has 0 radical (unpaired) electrons. The maximum atomic E-state index is 13.6. The van der Waals surface area contributed by atoms with Crippen LogP contribution in [0, 0.1) is 6.92 Å². The molecule has 0 spiro atoms. The summed E-state index contributed by atoms with van der Waals surface area (Å²) in [7, 11) is 1.55. The second-order valence-corrected chi connectivity index (χ2v) is 9.73. The van der Waals surface area contributed by atoms with Crippen LogP contribution in [0.4, 0.5) is 0 Å². The number of rotatable bonds is 11. The van der Waals surface area contributed by atoms with Crippen molar-refractivity contribution >= 4 is 23.1 Å². The van der Waals surface area contributed by atoms with Gasteiger partial charge >= 0.3 is 0 Å². The van der Waals surface area contributed by atoms with Crippen LogP contribution in [0.5, 0.6) is 11.5 Å². The first kappa shape index (κ1) is 27.0. The number of likely N-dealkylation sites (tertiary alicyclic amines) is 1. The lowest BCUT2D eigenvalue weighted by Crippen LogP contribution is -2.31. The quantitative estimate of drug-likeness (QED) is 0.128. The van der Waals surface area contributed by atoms with Crippen LogP contribution in [0.2, 0.25) is 0 Å². The summed E-state index contributed by atoms with van der Waals surface area (Å²) in [6, 6.07) is 10.0. The van der Waals surface area contributed by atoms with E-state index in [4.69, 9.17) is 9.47 Å². The molecule has 1 aliphatic heterocycles. The number of Topliss-reactive ketones (excluding diaryl/α,β-unsaturated/α-hetero) is 1. The molecule has 4 heterocycles. The predicted octanol–water partition coefficient (Wildman–Crippen LogP) is 4.54. The van der Waals surface area contributed by atoms with Crippen LogP contribution in [0.1, 0.15) is 49.2 Å². The minimum Gasteiger partial charge on any atom is -0.505 e. The van der Waals surface area contributed by atoms with E-state index in [1.807, 2.05) is 35.0 Å². The zero-order valence-corrected chi connectivity index (χ0v) is 22.9. The smallest absolute Gasteiger partial charge is 0.295 e. The summed E-state index contributed by atoms with van der Waals surface area (Å²) in [5.74, 6) is -0.597. The van der Waals surface area contributed by atoms with Crippen molar-refractivity contribution in [3.8, 4) is 11.5 Å². The van der Waals surface area contributed by atoms with Gasteiger partial charge in [-0.25, -0.2) is 9.97 Å². The molecule has 1 fully saturated rings. The summed E-state index contributed by atoms with van der Waals surface area (Å²) < 4.78 is 15.2. The van der Waals surface area contributed by atoms with Gasteiger partial charge in [-0.2, -0.15) is 0 Å². The molecule has 1 N–H and O–H groups in total. The first-order chi connectivity index (χ1) is 19.4. The number of hydrogen-bond donors (Lipinski definition) is 1. The van der Waals surface area contributed by atoms with Gasteiger partial charge in [0.1, 0.15) is 11.3 Å². The van der Waals surface area contributed by atoms with E-state index >= 15 is 0 Å². The number of unbranched alkanes of at least 4 members (excludes halogenated alkanes) is 1. The second kappa shape index (κ2) is 11.6. The third-order valence-corrected chi connectivity index (χ3v) is 7.10. The van der Waals surface area contributed by atoms with Gasteiger partial charge in [0.05, 0.1) is 37.4 Å². The molecule has 208 valence electrons. The van der Waals surface area contributed by atoms with Crippen LogP contribution in [0.25, 0.3) is 11.4 Å². The third kappa shape index (κ3) is 5.04. The van der Waals surface area contributed by atoms with Crippen LogP contribution in [0.3, 0.4) is 0 Å². The molecule has 1 amide bonds. The summed E-state index contributed by atoms with van der Waals surface area (Å²) in [6.45, 7) is 5.32. The molecule has 4 aromatic rings. The van der Waals surface area contributed by atoms with Gasteiger partial charge in [0.2, 0.25) is 0 Å². The number of aliphatic hydroxyl groups is 1. The van der Waals surface area contributed by atoms with Gasteiger partial charge in [-0.3, -0.25) is 14.0 Å². The summed E-state index contributed by atoms with van der Waals surface area (Å²) >= 11 is 0. The van der Waals surface area contributed by atoms with E-state index in [0.717, 1.165) is 12.8 Å². The minimum atomic E-state index is -0.824. The molecule has 40 heavy (non-hydrogen) atoms. The summed E-state index contributed by atoms with van der Waals surface area (Å²) in [4.78, 5) is 37.1. The number of hydrogen-bond acceptors (Lipinski definition) is 7. The van der Waals surface area contributed by atoms with Crippen LogP contribution in [-0.4, -0.2) is 60.9 Å². The topological polar surface area (TPSA) is 111 Å². The molecule has 5 rings (SSSR count). The number of amides is 1. The largest absolute Gasteiger partial charge is 0.505 e. The number of imidazole rings is 2. The van der Waals surface area contributed by atoms with Gasteiger partial charge in [-0.1, -0.05) is 25.5 Å². The average Bonchev–Trinajstić information content (AvgIpc) is 3.66. The normalized spacial score (nSPS) is 16.7. The number of carbonyl (C=O) groups is 2. The Morgan fingerprint density at radius 2 is 1.93 bits per heavy atom. The van der Waals surface area contributed by atoms with Crippen LogP contribution >= 0.6 is 0 Å². The van der Waals surface area contributed by atoms with Crippen molar-refractivity contribution in [3.63, 3.8) is 0 Å². The first-order valence-electron chi connectivity index (χ1n) is 13.4. The molecule has 10 heteroatoms. The lowest BCUT2D eigenvalue weighted by molar-refractivity contribution is -0.139. The SMILES string of the molecule is CCCCOc1ccc(C2C(=C(O)c3c(C)nc4ccccn34)C(=O)C(=O)N2CCCn2ccnc2)cc1OC. The zero-order chi connectivity index (χ0) is 28.2. The van der Waals surface area contributed by atoms with Crippen molar-refractivity contribution in [3.05, 3.63) is 83.8 Å². The molecular formula is C30H33N5O5. The number of aromatic nitrogens is 4. The highest BCUT2D eigenvalue weighted by molar-refractivity contribution is 6.46. The Balaban J connectivity index is 1.59. The number of ketones is 1. The molecular weight excluding hydrogens is 510 g/mol. The maximum absolute atomic E-state index is 13.6. The Kier molecular flexibility index (Phi) is 7.86. The fourth-order valence-corrected chi connectivity index (χ4v) is 5.13. The highest BCUT2D eigenvalue weighted by atomic mass is 16.5. The number of fused-ring (bicyclic) bond motifs is 1.